The van der Waals surface area contributed by atoms with E-state index in [1.54, 1.807) is 0 Å². The van der Waals surface area contributed by atoms with Gasteiger partial charge in [0.25, 0.3) is 0 Å². The Morgan fingerprint density at radius 1 is 1.89 bits per heavy atom. The second-order valence-corrected chi connectivity index (χ2v) is 1.43. The summed E-state index contributed by atoms with van der Waals surface area (Å²) in [7, 11) is 0. The van der Waals surface area contributed by atoms with Crippen molar-refractivity contribution in [3.8, 4) is 0 Å². The molecule has 1 aromatic rings. The van der Waals surface area contributed by atoms with E-state index in [2.05, 4.69) is 15.5 Å². The molecule has 0 saturated carbocycles. The summed E-state index contributed by atoms with van der Waals surface area (Å²) in [5, 5.41) is 16.2. The van der Waals surface area contributed by atoms with Crippen LogP contribution >= 0.6 is 0 Å². The highest BCUT2D eigenvalue weighted by atomic mass is 19.1. The molecule has 9 heavy (non-hydrogen) atoms. The molecule has 0 radical (unpaired) electrons. The maximum Gasteiger partial charge on any atom is 0.184 e. The topological polar surface area (TPSA) is 60.9 Å². The molecule has 1 heterocycles. The lowest BCUT2D eigenvalue weighted by Crippen LogP contribution is -2.00. The first-order chi connectivity index (χ1) is 4.34. The molecule has 4 nitrogen and oxygen atoms in total. The molecule has 0 amide bonds. The number of aromatic nitrogens is 2. The lowest BCUT2D eigenvalue weighted by Gasteiger charge is -1.94. The molecule has 0 saturated heterocycles. The van der Waals surface area contributed by atoms with E-state index in [4.69, 9.17) is 5.11 Å². The molecule has 5 heteroatoms. The highest BCUT2D eigenvalue weighted by molar-refractivity contribution is 5.32. The summed E-state index contributed by atoms with van der Waals surface area (Å²) in [6.07, 6.45) is 1.03. The van der Waals surface area contributed by atoms with Crippen LogP contribution in [0.1, 0.15) is 0 Å². The lowest BCUT2D eigenvalue weighted by molar-refractivity contribution is 0.324. The Morgan fingerprint density at radius 3 is 3.11 bits per heavy atom. The standard InChI is InChI=1S/C4H6FN3O/c5-3-1-7-8-4(3)6-2-9/h1,9H,2H2,(H2,6,7,8). The van der Waals surface area contributed by atoms with Crippen molar-refractivity contribution in [1.82, 2.24) is 10.2 Å². The van der Waals surface area contributed by atoms with Crippen LogP contribution in [0.15, 0.2) is 6.20 Å². The van der Waals surface area contributed by atoms with Crippen LogP contribution in [0, 0.1) is 5.82 Å². The maximum absolute atomic E-state index is 12.3. The monoisotopic (exact) mass is 131 g/mol. The minimum atomic E-state index is -0.496. The third kappa shape index (κ3) is 1.17. The van der Waals surface area contributed by atoms with E-state index in [-0.39, 0.29) is 12.5 Å². The summed E-state index contributed by atoms with van der Waals surface area (Å²) in [5.74, 6) is -0.387. The van der Waals surface area contributed by atoms with E-state index in [1.165, 1.54) is 0 Å². The van der Waals surface area contributed by atoms with Gasteiger partial charge in [0.15, 0.2) is 11.6 Å². The summed E-state index contributed by atoms with van der Waals surface area (Å²) in [4.78, 5) is 0. The zero-order valence-corrected chi connectivity index (χ0v) is 4.56. The third-order valence-electron chi connectivity index (χ3n) is 0.849. The lowest BCUT2D eigenvalue weighted by atomic mass is 10.6. The van der Waals surface area contributed by atoms with Crippen LogP contribution in [0.25, 0.3) is 0 Å². The molecular formula is C4H6FN3O. The molecule has 1 rings (SSSR count). The smallest absolute Gasteiger partial charge is 0.184 e. The van der Waals surface area contributed by atoms with Gasteiger partial charge in [0.1, 0.15) is 6.73 Å². The molecule has 0 atom stereocenters. The fourth-order valence-electron chi connectivity index (χ4n) is 0.474. The average Bonchev–Trinajstić information content (AvgIpc) is 2.18. The Labute approximate surface area is 50.7 Å². The number of aromatic amines is 1. The third-order valence-corrected chi connectivity index (χ3v) is 0.849. The molecule has 0 aliphatic rings. The van der Waals surface area contributed by atoms with Crippen LogP contribution in [0.4, 0.5) is 10.2 Å². The second kappa shape index (κ2) is 2.45. The molecule has 0 spiro atoms. The first-order valence-corrected chi connectivity index (χ1v) is 2.38. The van der Waals surface area contributed by atoms with Gasteiger partial charge in [0.05, 0.1) is 6.20 Å². The van der Waals surface area contributed by atoms with Crippen LogP contribution in [-0.2, 0) is 0 Å². The van der Waals surface area contributed by atoms with Gasteiger partial charge in [-0.3, -0.25) is 5.10 Å². The quantitative estimate of drug-likeness (QED) is 0.491. The van der Waals surface area contributed by atoms with Crippen molar-refractivity contribution in [2.24, 2.45) is 0 Å². The molecule has 0 aliphatic heterocycles. The van der Waals surface area contributed by atoms with Gasteiger partial charge < -0.3 is 10.4 Å². The van der Waals surface area contributed by atoms with Crippen LogP contribution in [0.5, 0.6) is 0 Å². The van der Waals surface area contributed by atoms with Crippen LogP contribution in [0.2, 0.25) is 0 Å². The van der Waals surface area contributed by atoms with Crippen molar-refractivity contribution >= 4 is 5.82 Å². The number of nitrogens with one attached hydrogen (secondary N) is 2. The first kappa shape index (κ1) is 6.03. The van der Waals surface area contributed by atoms with E-state index in [9.17, 15) is 4.39 Å². The van der Waals surface area contributed by atoms with Gasteiger partial charge in [0, 0.05) is 0 Å². The zero-order valence-electron chi connectivity index (χ0n) is 4.56. The van der Waals surface area contributed by atoms with E-state index in [0.717, 1.165) is 6.20 Å². The van der Waals surface area contributed by atoms with Crippen molar-refractivity contribution in [1.29, 1.82) is 0 Å². The highest BCUT2D eigenvalue weighted by Gasteiger charge is 1.99. The van der Waals surface area contributed by atoms with Crippen LogP contribution < -0.4 is 5.32 Å². The summed E-state index contributed by atoms with van der Waals surface area (Å²) < 4.78 is 12.3. The predicted octanol–water partition coefficient (Wildman–Crippen LogP) is -0.0895. The number of rotatable bonds is 2. The number of aliphatic hydroxyl groups is 1. The first-order valence-electron chi connectivity index (χ1n) is 2.38. The largest absolute Gasteiger partial charge is 0.377 e. The number of hydrogen-bond donors (Lipinski definition) is 3. The highest BCUT2D eigenvalue weighted by Crippen LogP contribution is 2.05. The molecule has 0 fully saturated rings. The molecule has 0 bridgehead atoms. The Bertz CT molecular complexity index is 188. The molecule has 0 aromatic carbocycles. The maximum atomic E-state index is 12.3. The zero-order chi connectivity index (χ0) is 6.69. The molecular weight excluding hydrogens is 125 g/mol. The fraction of sp³-hybridized carbons (Fsp3) is 0.250. The predicted molar refractivity (Wildman–Crippen MR) is 29.3 cm³/mol. The molecule has 0 aliphatic carbocycles. The molecule has 50 valence electrons. The molecule has 0 unspecified atom stereocenters. The Hall–Kier alpha value is -1.10. The van der Waals surface area contributed by atoms with Gasteiger partial charge in [-0.1, -0.05) is 0 Å². The summed E-state index contributed by atoms with van der Waals surface area (Å²) in [6.45, 7) is -0.306. The summed E-state index contributed by atoms with van der Waals surface area (Å²) in [6, 6.07) is 0. The van der Waals surface area contributed by atoms with Crippen LogP contribution in [-0.4, -0.2) is 22.0 Å². The van der Waals surface area contributed by atoms with Crippen molar-refractivity contribution in [2.45, 2.75) is 0 Å². The fourth-order valence-corrected chi connectivity index (χ4v) is 0.474. The van der Waals surface area contributed by atoms with Crippen LogP contribution in [0.3, 0.4) is 0 Å². The SMILES string of the molecule is OCNc1[nH]ncc1F. The second-order valence-electron chi connectivity index (χ2n) is 1.43. The van der Waals surface area contributed by atoms with Gasteiger partial charge in [-0.15, -0.1) is 0 Å². The van der Waals surface area contributed by atoms with Gasteiger partial charge in [-0.05, 0) is 0 Å². The van der Waals surface area contributed by atoms with Crippen molar-refractivity contribution in [3.63, 3.8) is 0 Å². The number of aliphatic hydroxyl groups excluding tert-OH is 1. The Morgan fingerprint density at radius 2 is 2.67 bits per heavy atom. The van der Waals surface area contributed by atoms with Gasteiger partial charge in [0.2, 0.25) is 0 Å². The van der Waals surface area contributed by atoms with E-state index in [0.29, 0.717) is 0 Å². The van der Waals surface area contributed by atoms with E-state index >= 15 is 0 Å². The van der Waals surface area contributed by atoms with Gasteiger partial charge >= 0.3 is 0 Å². The minimum Gasteiger partial charge on any atom is -0.377 e. The number of H-pyrrole nitrogens is 1. The number of hydrogen-bond acceptors (Lipinski definition) is 3. The molecule has 1 aromatic heterocycles. The van der Waals surface area contributed by atoms with Crippen molar-refractivity contribution in [2.75, 3.05) is 12.0 Å². The van der Waals surface area contributed by atoms with Crippen molar-refractivity contribution < 1.29 is 9.50 Å². The Balaban J connectivity index is 2.69. The minimum absolute atomic E-state index is 0.109. The number of anilines is 1. The van der Waals surface area contributed by atoms with Gasteiger partial charge in [-0.2, -0.15) is 5.10 Å². The number of halogens is 1. The average molecular weight is 131 g/mol. The number of nitrogens with zero attached hydrogens (tertiary/aromatic N) is 1. The van der Waals surface area contributed by atoms with Crippen molar-refractivity contribution in [3.05, 3.63) is 12.0 Å². The van der Waals surface area contributed by atoms with E-state index in [1.807, 2.05) is 0 Å². The van der Waals surface area contributed by atoms with E-state index < -0.39 is 5.82 Å². The molecule has 3 N–H and O–H groups in total. The normalized spacial score (nSPS) is 9.56. The summed E-state index contributed by atoms with van der Waals surface area (Å²) >= 11 is 0. The Kier molecular flexibility index (Phi) is 1.64. The summed E-state index contributed by atoms with van der Waals surface area (Å²) in [5.41, 5.74) is 0. The van der Waals surface area contributed by atoms with Gasteiger partial charge in [-0.25, -0.2) is 4.39 Å².